The van der Waals surface area contributed by atoms with Crippen LogP contribution in [0, 0.1) is 0 Å². The second-order valence-electron chi connectivity index (χ2n) is 8.73. The van der Waals surface area contributed by atoms with Gasteiger partial charge >= 0.3 is 0 Å². The number of benzene rings is 2. The van der Waals surface area contributed by atoms with E-state index in [9.17, 15) is 4.79 Å². The number of likely N-dealkylation sites (tertiary alicyclic amines) is 1. The van der Waals surface area contributed by atoms with Gasteiger partial charge in [-0.15, -0.1) is 0 Å². The highest BCUT2D eigenvalue weighted by Gasteiger charge is 2.31. The number of nitrogens with zero attached hydrogens (tertiary/aromatic N) is 3. The Labute approximate surface area is 191 Å². The van der Waals surface area contributed by atoms with Crippen LogP contribution in [-0.4, -0.2) is 60.0 Å². The molecule has 1 amide bonds. The SMILES string of the molecule is CN(C)C1CCN(C(=O)[C@H](Cc2ccccc2)NCc2ccc(-c3ccccn3)cc2)C1. The van der Waals surface area contributed by atoms with Crippen molar-refractivity contribution >= 4 is 5.91 Å². The van der Waals surface area contributed by atoms with Crippen LogP contribution in [-0.2, 0) is 17.8 Å². The molecule has 1 aliphatic heterocycles. The van der Waals surface area contributed by atoms with Crippen LogP contribution in [0.2, 0.25) is 0 Å². The summed E-state index contributed by atoms with van der Waals surface area (Å²) in [6.45, 7) is 2.28. The first-order valence-corrected chi connectivity index (χ1v) is 11.3. The van der Waals surface area contributed by atoms with Crippen molar-refractivity contribution in [2.45, 2.75) is 31.5 Å². The Morgan fingerprint density at radius 2 is 1.78 bits per heavy atom. The van der Waals surface area contributed by atoms with E-state index in [1.807, 2.05) is 47.5 Å². The molecule has 1 fully saturated rings. The van der Waals surface area contributed by atoms with Gasteiger partial charge in [0.15, 0.2) is 0 Å². The number of likely N-dealkylation sites (N-methyl/N-ethyl adjacent to an activating group) is 1. The Bertz CT molecular complexity index is 989. The van der Waals surface area contributed by atoms with Crippen molar-refractivity contribution < 1.29 is 4.79 Å². The number of amides is 1. The van der Waals surface area contributed by atoms with Gasteiger partial charge in [0.05, 0.1) is 11.7 Å². The highest BCUT2D eigenvalue weighted by Crippen LogP contribution is 2.18. The number of carbonyl (C=O) groups is 1. The van der Waals surface area contributed by atoms with Gasteiger partial charge in [0, 0.05) is 37.4 Å². The first-order valence-electron chi connectivity index (χ1n) is 11.3. The number of aromatic nitrogens is 1. The fourth-order valence-electron chi connectivity index (χ4n) is 4.25. The van der Waals surface area contributed by atoms with Crippen molar-refractivity contribution in [3.63, 3.8) is 0 Å². The molecule has 0 saturated carbocycles. The highest BCUT2D eigenvalue weighted by molar-refractivity contribution is 5.82. The minimum absolute atomic E-state index is 0.198. The van der Waals surface area contributed by atoms with Crippen molar-refractivity contribution in [2.75, 3.05) is 27.2 Å². The van der Waals surface area contributed by atoms with Crippen LogP contribution in [0.15, 0.2) is 79.0 Å². The molecule has 1 N–H and O–H groups in total. The lowest BCUT2D eigenvalue weighted by Gasteiger charge is -2.26. The predicted octanol–water partition coefficient (Wildman–Crippen LogP) is 3.61. The molecule has 0 spiro atoms. The number of hydrogen-bond donors (Lipinski definition) is 1. The summed E-state index contributed by atoms with van der Waals surface area (Å²) >= 11 is 0. The molecule has 1 saturated heterocycles. The van der Waals surface area contributed by atoms with Gasteiger partial charge in [-0.2, -0.15) is 0 Å². The van der Waals surface area contributed by atoms with E-state index in [2.05, 4.69) is 65.7 Å². The zero-order chi connectivity index (χ0) is 22.3. The summed E-state index contributed by atoms with van der Waals surface area (Å²) in [4.78, 5) is 22.1. The largest absolute Gasteiger partial charge is 0.340 e. The fourth-order valence-corrected chi connectivity index (χ4v) is 4.25. The van der Waals surface area contributed by atoms with Crippen molar-refractivity contribution in [3.05, 3.63) is 90.1 Å². The summed E-state index contributed by atoms with van der Waals surface area (Å²) in [7, 11) is 4.18. The Hall–Kier alpha value is -3.02. The summed E-state index contributed by atoms with van der Waals surface area (Å²) < 4.78 is 0. The second-order valence-corrected chi connectivity index (χ2v) is 8.73. The number of rotatable bonds is 8. The zero-order valence-corrected chi connectivity index (χ0v) is 18.9. The Balaban J connectivity index is 1.43. The lowest BCUT2D eigenvalue weighted by Crippen LogP contribution is -2.47. The van der Waals surface area contributed by atoms with Crippen LogP contribution in [0.3, 0.4) is 0 Å². The van der Waals surface area contributed by atoms with Crippen LogP contribution in [0.1, 0.15) is 17.5 Å². The molecule has 1 unspecified atom stereocenters. The standard InChI is InChI=1S/C27H32N4O/c1-30(2)24-15-17-31(20-24)27(32)26(18-21-8-4-3-5-9-21)29-19-22-11-13-23(14-12-22)25-10-6-7-16-28-25/h3-14,16,24,26,29H,15,17-20H2,1-2H3/t24?,26-/m0/s1. The third kappa shape index (κ3) is 5.61. The molecule has 1 aromatic heterocycles. The third-order valence-electron chi connectivity index (χ3n) is 6.25. The lowest BCUT2D eigenvalue weighted by molar-refractivity contribution is -0.132. The lowest BCUT2D eigenvalue weighted by atomic mass is 10.0. The molecule has 0 aliphatic carbocycles. The van der Waals surface area contributed by atoms with Crippen molar-refractivity contribution in [2.24, 2.45) is 0 Å². The van der Waals surface area contributed by atoms with Gasteiger partial charge in [0.25, 0.3) is 0 Å². The van der Waals surface area contributed by atoms with Gasteiger partial charge in [0.1, 0.15) is 0 Å². The number of hydrogen-bond acceptors (Lipinski definition) is 4. The van der Waals surface area contributed by atoms with Crippen LogP contribution in [0.25, 0.3) is 11.3 Å². The quantitative estimate of drug-likeness (QED) is 0.596. The van der Waals surface area contributed by atoms with E-state index >= 15 is 0 Å². The number of nitrogens with one attached hydrogen (secondary N) is 1. The van der Waals surface area contributed by atoms with Gasteiger partial charge in [-0.05, 0) is 50.2 Å². The Morgan fingerprint density at radius 3 is 2.44 bits per heavy atom. The summed E-state index contributed by atoms with van der Waals surface area (Å²) in [6, 6.07) is 24.8. The topological polar surface area (TPSA) is 48.5 Å². The van der Waals surface area contributed by atoms with Gasteiger partial charge in [-0.1, -0.05) is 60.7 Å². The average molecular weight is 429 g/mol. The smallest absolute Gasteiger partial charge is 0.240 e. The zero-order valence-electron chi connectivity index (χ0n) is 18.9. The third-order valence-corrected chi connectivity index (χ3v) is 6.25. The molecule has 2 heterocycles. The number of pyridine rings is 1. The van der Waals surface area contributed by atoms with E-state index in [1.165, 1.54) is 5.56 Å². The van der Waals surface area contributed by atoms with Crippen LogP contribution < -0.4 is 5.32 Å². The van der Waals surface area contributed by atoms with Crippen molar-refractivity contribution in [1.29, 1.82) is 0 Å². The summed E-state index contributed by atoms with van der Waals surface area (Å²) in [6.07, 6.45) is 3.53. The molecule has 2 atom stereocenters. The first-order chi connectivity index (χ1) is 15.6. The van der Waals surface area contributed by atoms with E-state index < -0.39 is 0 Å². The molecule has 1 aliphatic rings. The molecule has 5 nitrogen and oxygen atoms in total. The van der Waals surface area contributed by atoms with E-state index in [0.29, 0.717) is 19.0 Å². The van der Waals surface area contributed by atoms with Gasteiger partial charge in [-0.25, -0.2) is 0 Å². The molecule has 32 heavy (non-hydrogen) atoms. The summed E-state index contributed by atoms with van der Waals surface area (Å²) in [5.41, 5.74) is 4.39. The first kappa shape index (κ1) is 22.2. The van der Waals surface area contributed by atoms with E-state index in [0.717, 1.165) is 36.3 Å². The minimum Gasteiger partial charge on any atom is -0.340 e. The summed E-state index contributed by atoms with van der Waals surface area (Å²) in [5, 5.41) is 3.54. The minimum atomic E-state index is -0.242. The molecule has 0 radical (unpaired) electrons. The monoisotopic (exact) mass is 428 g/mol. The molecule has 0 bridgehead atoms. The van der Waals surface area contributed by atoms with Gasteiger partial charge in [0.2, 0.25) is 5.91 Å². The number of carbonyl (C=O) groups excluding carboxylic acids is 1. The van der Waals surface area contributed by atoms with Crippen molar-refractivity contribution in [3.8, 4) is 11.3 Å². The fraction of sp³-hybridized carbons (Fsp3) is 0.333. The van der Waals surface area contributed by atoms with Crippen LogP contribution in [0.4, 0.5) is 0 Å². The van der Waals surface area contributed by atoms with Crippen molar-refractivity contribution in [1.82, 2.24) is 20.1 Å². The predicted molar refractivity (Wildman–Crippen MR) is 129 cm³/mol. The summed E-state index contributed by atoms with van der Waals surface area (Å²) in [5.74, 6) is 0.198. The molecule has 5 heteroatoms. The molecule has 4 rings (SSSR count). The van der Waals surface area contributed by atoms with E-state index in [-0.39, 0.29) is 11.9 Å². The molecular formula is C27H32N4O. The van der Waals surface area contributed by atoms with E-state index in [4.69, 9.17) is 0 Å². The molecule has 2 aromatic carbocycles. The van der Waals surface area contributed by atoms with E-state index in [1.54, 1.807) is 0 Å². The maximum atomic E-state index is 13.4. The Morgan fingerprint density at radius 1 is 1.03 bits per heavy atom. The maximum Gasteiger partial charge on any atom is 0.240 e. The van der Waals surface area contributed by atoms with Gasteiger partial charge in [-0.3, -0.25) is 9.78 Å². The highest BCUT2D eigenvalue weighted by atomic mass is 16.2. The molecule has 166 valence electrons. The molecular weight excluding hydrogens is 396 g/mol. The average Bonchev–Trinajstić information content (AvgIpc) is 3.34. The molecule has 3 aromatic rings. The van der Waals surface area contributed by atoms with Gasteiger partial charge < -0.3 is 15.1 Å². The van der Waals surface area contributed by atoms with Crippen LogP contribution >= 0.6 is 0 Å². The second kappa shape index (κ2) is 10.5. The normalized spacial score (nSPS) is 17.0. The maximum absolute atomic E-state index is 13.4. The van der Waals surface area contributed by atoms with Crippen LogP contribution in [0.5, 0.6) is 0 Å². The Kier molecular flexibility index (Phi) is 7.30.